The smallest absolute Gasteiger partial charge is 0.0619 e. The lowest BCUT2D eigenvalue weighted by Gasteiger charge is -2.28. The maximum absolute atomic E-state index is 2.49. The maximum Gasteiger partial charge on any atom is 0.0619 e. The fourth-order valence-corrected chi connectivity index (χ4v) is 11.0. The molecule has 0 bridgehead atoms. The molecule has 2 nitrogen and oxygen atoms in total. The summed E-state index contributed by atoms with van der Waals surface area (Å²) in [5.74, 6) is 0. The highest BCUT2D eigenvalue weighted by molar-refractivity contribution is 7.25. The van der Waals surface area contributed by atoms with Crippen molar-refractivity contribution < 1.29 is 0 Å². The molecule has 0 amide bonds. The van der Waals surface area contributed by atoms with Crippen molar-refractivity contribution in [2.45, 2.75) is 0 Å². The number of thiophene rings is 1. The number of aromatic nitrogens is 1. The van der Waals surface area contributed by atoms with E-state index in [1.807, 2.05) is 11.3 Å². The van der Waals surface area contributed by atoms with Crippen LogP contribution in [-0.2, 0) is 0 Å². The van der Waals surface area contributed by atoms with Crippen LogP contribution < -0.4 is 4.90 Å². The van der Waals surface area contributed by atoms with E-state index in [0.717, 1.165) is 17.1 Å². The Hall–Kier alpha value is -7.46. The molecule has 0 fully saturated rings. The monoisotopic (exact) mass is 766 g/mol. The summed E-state index contributed by atoms with van der Waals surface area (Å²) in [5, 5.41) is 12.8. The standard InChI is InChI=1S/C56H34N2S/c1-2-12-35(13-3-1)36-24-26-37(27-25-36)57(38-28-33-54-49(34-38)44-17-7-9-23-53(44)59-54)51-32-31-40(39-14-4-5-15-42(39)51)41-29-30-46-48-20-10-19-47-43-16-6-8-21-50(43)58(56(47)48)52-22-11-18-45(41)55(46)52/h1-34H. The van der Waals surface area contributed by atoms with Crippen LogP contribution in [0.15, 0.2) is 206 Å². The Kier molecular flexibility index (Phi) is 6.92. The second kappa shape index (κ2) is 12.5. The Morgan fingerprint density at radius 1 is 0.339 bits per heavy atom. The molecule has 13 aromatic rings. The number of hydrogen-bond acceptors (Lipinski definition) is 2. The van der Waals surface area contributed by atoms with Crippen LogP contribution in [0.25, 0.3) is 102 Å². The Bertz CT molecular complexity index is 3780. The first-order valence-electron chi connectivity index (χ1n) is 20.3. The Balaban J connectivity index is 1.05. The minimum atomic E-state index is 1.12. The molecule has 0 atom stereocenters. The maximum atomic E-state index is 2.49. The summed E-state index contributed by atoms with van der Waals surface area (Å²) in [4.78, 5) is 2.45. The van der Waals surface area contributed by atoms with Crippen LogP contribution in [0.3, 0.4) is 0 Å². The summed E-state index contributed by atoms with van der Waals surface area (Å²) in [5.41, 5.74) is 12.1. The van der Waals surface area contributed by atoms with Crippen molar-refractivity contribution in [1.29, 1.82) is 0 Å². The van der Waals surface area contributed by atoms with E-state index in [2.05, 4.69) is 216 Å². The van der Waals surface area contributed by atoms with Gasteiger partial charge in [-0.2, -0.15) is 0 Å². The normalized spacial score (nSPS) is 12.1. The predicted octanol–water partition coefficient (Wildman–Crippen LogP) is 16.3. The minimum Gasteiger partial charge on any atom is -0.310 e. The van der Waals surface area contributed by atoms with E-state index in [4.69, 9.17) is 0 Å². The third-order valence-corrected chi connectivity index (χ3v) is 13.7. The van der Waals surface area contributed by atoms with E-state index in [9.17, 15) is 0 Å². The molecule has 0 aliphatic heterocycles. The van der Waals surface area contributed by atoms with Gasteiger partial charge in [-0.05, 0) is 93.0 Å². The van der Waals surface area contributed by atoms with Gasteiger partial charge in [-0.25, -0.2) is 0 Å². The molecule has 0 N–H and O–H groups in total. The molecule has 0 radical (unpaired) electrons. The molecule has 59 heavy (non-hydrogen) atoms. The lowest BCUT2D eigenvalue weighted by molar-refractivity contribution is 1.30. The van der Waals surface area contributed by atoms with Crippen molar-refractivity contribution in [1.82, 2.24) is 4.40 Å². The fraction of sp³-hybridized carbons (Fsp3) is 0. The first-order chi connectivity index (χ1) is 29.3. The van der Waals surface area contributed by atoms with Gasteiger partial charge in [0.25, 0.3) is 0 Å². The molecule has 274 valence electrons. The summed E-state index contributed by atoms with van der Waals surface area (Å²) in [6.45, 7) is 0. The van der Waals surface area contributed by atoms with Gasteiger partial charge in [0.15, 0.2) is 0 Å². The second-order valence-electron chi connectivity index (χ2n) is 15.6. The van der Waals surface area contributed by atoms with Crippen molar-refractivity contribution in [3.63, 3.8) is 0 Å². The SMILES string of the molecule is c1ccc(-c2ccc(N(c3ccc4sc5ccccc5c4c3)c3ccc(-c4ccc5c6cccc7c8ccccc8n(c8cccc4c58)c67)c4ccccc34)cc2)cc1. The molecule has 3 heterocycles. The quantitative estimate of drug-likeness (QED) is 0.125. The predicted molar refractivity (Wildman–Crippen MR) is 255 cm³/mol. The summed E-state index contributed by atoms with van der Waals surface area (Å²) >= 11 is 1.86. The molecular weight excluding hydrogens is 733 g/mol. The van der Waals surface area contributed by atoms with E-state index in [-0.39, 0.29) is 0 Å². The van der Waals surface area contributed by atoms with Gasteiger partial charge in [-0.1, -0.05) is 152 Å². The van der Waals surface area contributed by atoms with Gasteiger partial charge in [0.2, 0.25) is 0 Å². The Morgan fingerprint density at radius 2 is 0.932 bits per heavy atom. The molecule has 3 heteroatoms. The summed E-state index contributed by atoms with van der Waals surface area (Å²) in [6.07, 6.45) is 0. The van der Waals surface area contributed by atoms with Crippen molar-refractivity contribution in [2.75, 3.05) is 4.90 Å². The first-order valence-corrected chi connectivity index (χ1v) is 21.1. The van der Waals surface area contributed by atoms with Crippen molar-refractivity contribution in [3.8, 4) is 22.3 Å². The number of para-hydroxylation sites is 2. The highest BCUT2D eigenvalue weighted by Crippen LogP contribution is 2.47. The Labute approximate surface area is 344 Å². The number of nitrogens with zero attached hydrogens (tertiary/aromatic N) is 2. The average molecular weight is 767 g/mol. The van der Waals surface area contributed by atoms with Gasteiger partial charge in [-0.3, -0.25) is 0 Å². The molecule has 0 aliphatic carbocycles. The molecule has 0 saturated heterocycles. The van der Waals surface area contributed by atoms with E-state index in [0.29, 0.717) is 0 Å². The first kappa shape index (κ1) is 32.6. The molecule has 0 aliphatic rings. The van der Waals surface area contributed by atoms with Crippen LogP contribution in [0.5, 0.6) is 0 Å². The van der Waals surface area contributed by atoms with E-state index >= 15 is 0 Å². The number of fused-ring (bicyclic) bond motifs is 9. The molecule has 13 rings (SSSR count). The number of rotatable bonds is 5. The van der Waals surface area contributed by atoms with E-state index in [1.54, 1.807) is 0 Å². The highest BCUT2D eigenvalue weighted by Gasteiger charge is 2.22. The zero-order chi connectivity index (χ0) is 38.6. The average Bonchev–Trinajstić information content (AvgIpc) is 3.85. The Morgan fingerprint density at radius 3 is 1.80 bits per heavy atom. The zero-order valence-corrected chi connectivity index (χ0v) is 32.7. The number of pyridine rings is 1. The van der Waals surface area contributed by atoms with Crippen LogP contribution in [0.4, 0.5) is 17.1 Å². The van der Waals surface area contributed by atoms with Crippen molar-refractivity contribution in [3.05, 3.63) is 206 Å². The van der Waals surface area contributed by atoms with Crippen LogP contribution >= 0.6 is 11.3 Å². The van der Waals surface area contributed by atoms with Gasteiger partial charge >= 0.3 is 0 Å². The lowest BCUT2D eigenvalue weighted by Crippen LogP contribution is -2.10. The van der Waals surface area contributed by atoms with Crippen LogP contribution in [-0.4, -0.2) is 4.40 Å². The number of anilines is 3. The summed E-state index contributed by atoms with van der Waals surface area (Å²) in [7, 11) is 0. The molecule has 0 unspecified atom stereocenters. The second-order valence-corrected chi connectivity index (χ2v) is 16.7. The summed E-state index contributed by atoms with van der Waals surface area (Å²) in [6, 6.07) is 76.3. The van der Waals surface area contributed by atoms with Crippen molar-refractivity contribution >= 4 is 108 Å². The molecule has 3 aromatic heterocycles. The van der Waals surface area contributed by atoms with Crippen LogP contribution in [0, 0.1) is 0 Å². The van der Waals surface area contributed by atoms with Crippen LogP contribution in [0.2, 0.25) is 0 Å². The highest BCUT2D eigenvalue weighted by atomic mass is 32.1. The third-order valence-electron chi connectivity index (χ3n) is 12.5. The molecule has 0 spiro atoms. The van der Waals surface area contributed by atoms with Crippen molar-refractivity contribution in [2.24, 2.45) is 0 Å². The van der Waals surface area contributed by atoms with Gasteiger partial charge in [-0.15, -0.1) is 11.3 Å². The van der Waals surface area contributed by atoms with Crippen LogP contribution in [0.1, 0.15) is 0 Å². The largest absolute Gasteiger partial charge is 0.310 e. The van der Waals surface area contributed by atoms with Gasteiger partial charge < -0.3 is 9.30 Å². The number of benzene rings is 10. The van der Waals surface area contributed by atoms with Gasteiger partial charge in [0, 0.05) is 58.5 Å². The topological polar surface area (TPSA) is 7.65 Å². The summed E-state index contributed by atoms with van der Waals surface area (Å²) < 4.78 is 5.11. The molecule has 10 aromatic carbocycles. The lowest BCUT2D eigenvalue weighted by atomic mass is 9.90. The molecular formula is C56H34N2S. The zero-order valence-electron chi connectivity index (χ0n) is 31.9. The fourth-order valence-electron chi connectivity index (χ4n) is 9.95. The minimum absolute atomic E-state index is 1.12. The third kappa shape index (κ3) is 4.74. The number of hydrogen-bond donors (Lipinski definition) is 0. The van der Waals surface area contributed by atoms with E-state index < -0.39 is 0 Å². The van der Waals surface area contributed by atoms with Gasteiger partial charge in [0.1, 0.15) is 0 Å². The van der Waals surface area contributed by atoms with Gasteiger partial charge in [0.05, 0.1) is 22.2 Å². The van der Waals surface area contributed by atoms with E-state index in [1.165, 1.54) is 102 Å². The molecule has 0 saturated carbocycles.